The number of carbonyl (C=O) groups excluding carboxylic acids is 1. The first kappa shape index (κ1) is 20.5. The summed E-state index contributed by atoms with van der Waals surface area (Å²) in [5.74, 6) is 0.763. The number of carbonyl (C=O) groups is 1. The molecule has 144 valence electrons. The number of guanidine groups is 1. The zero-order chi connectivity index (χ0) is 20.0. The first-order valence-corrected chi connectivity index (χ1v) is 9.13. The fraction of sp³-hybridized carbons (Fsp3) is 0.364. The normalized spacial score (nSPS) is 11.3. The van der Waals surface area contributed by atoms with Crippen molar-refractivity contribution < 1.29 is 4.79 Å². The monoisotopic (exact) mass is 366 g/mol. The van der Waals surface area contributed by atoms with Crippen molar-refractivity contribution in [2.45, 2.75) is 33.9 Å². The van der Waals surface area contributed by atoms with Gasteiger partial charge in [-0.05, 0) is 55.2 Å². The first-order valence-electron chi connectivity index (χ1n) is 9.13. The van der Waals surface area contributed by atoms with E-state index in [9.17, 15) is 4.79 Å². The number of aryl methyl sites for hydroxylation is 3. The third-order valence-corrected chi connectivity index (χ3v) is 4.56. The number of aliphatic imine (C=N–C) groups is 1. The number of hydrogen-bond donors (Lipinski definition) is 2. The highest BCUT2D eigenvalue weighted by atomic mass is 16.2. The second-order valence-electron chi connectivity index (χ2n) is 7.05. The van der Waals surface area contributed by atoms with Crippen molar-refractivity contribution in [2.24, 2.45) is 4.99 Å². The van der Waals surface area contributed by atoms with E-state index >= 15 is 0 Å². The van der Waals surface area contributed by atoms with Crippen LogP contribution in [0.4, 0.5) is 0 Å². The maximum absolute atomic E-state index is 11.9. The Labute approximate surface area is 162 Å². The molecule has 0 saturated carbocycles. The van der Waals surface area contributed by atoms with E-state index in [1.54, 1.807) is 26.0 Å². The highest BCUT2D eigenvalue weighted by Crippen LogP contribution is 2.16. The molecule has 0 heterocycles. The molecule has 0 fully saturated rings. The molecule has 27 heavy (non-hydrogen) atoms. The summed E-state index contributed by atoms with van der Waals surface area (Å²) in [6.45, 7) is 7.78. The molecule has 2 rings (SSSR count). The largest absolute Gasteiger partial charge is 0.352 e. The van der Waals surface area contributed by atoms with Crippen LogP contribution in [-0.2, 0) is 13.1 Å². The maximum Gasteiger partial charge on any atom is 0.253 e. The van der Waals surface area contributed by atoms with E-state index in [4.69, 9.17) is 0 Å². The minimum absolute atomic E-state index is 0.0100. The second kappa shape index (κ2) is 9.21. The van der Waals surface area contributed by atoms with Crippen molar-refractivity contribution in [1.82, 2.24) is 15.5 Å². The second-order valence-corrected chi connectivity index (χ2v) is 7.05. The molecule has 0 aliphatic heterocycles. The molecule has 0 saturated heterocycles. The Balaban J connectivity index is 1.94. The van der Waals surface area contributed by atoms with Gasteiger partial charge in [-0.3, -0.25) is 9.79 Å². The van der Waals surface area contributed by atoms with Crippen LogP contribution in [0.2, 0.25) is 0 Å². The summed E-state index contributed by atoms with van der Waals surface area (Å²) in [6, 6.07) is 12.0. The van der Waals surface area contributed by atoms with E-state index in [1.807, 2.05) is 24.3 Å². The molecule has 0 spiro atoms. The number of nitrogens with zero attached hydrogens (tertiary/aromatic N) is 2. The van der Waals surface area contributed by atoms with Gasteiger partial charge >= 0.3 is 0 Å². The lowest BCUT2D eigenvalue weighted by Crippen LogP contribution is -2.36. The number of benzene rings is 2. The van der Waals surface area contributed by atoms with Crippen LogP contribution in [0.25, 0.3) is 0 Å². The molecule has 5 nitrogen and oxygen atoms in total. The topological polar surface area (TPSA) is 56.7 Å². The first-order chi connectivity index (χ1) is 12.8. The number of rotatable bonds is 5. The Bertz CT molecular complexity index is 800. The summed E-state index contributed by atoms with van der Waals surface area (Å²) >= 11 is 0. The zero-order valence-corrected chi connectivity index (χ0v) is 17.2. The maximum atomic E-state index is 11.9. The van der Waals surface area contributed by atoms with Gasteiger partial charge in [0.1, 0.15) is 0 Å². The van der Waals surface area contributed by atoms with Gasteiger partial charge in [-0.2, -0.15) is 0 Å². The highest BCUT2D eigenvalue weighted by Gasteiger charge is 2.08. The van der Waals surface area contributed by atoms with Crippen molar-refractivity contribution in [3.63, 3.8) is 0 Å². The predicted octanol–water partition coefficient (Wildman–Crippen LogP) is 3.18. The van der Waals surface area contributed by atoms with Crippen LogP contribution in [0, 0.1) is 20.8 Å². The summed E-state index contributed by atoms with van der Waals surface area (Å²) in [4.78, 5) is 17.8. The van der Waals surface area contributed by atoms with E-state index in [2.05, 4.69) is 48.5 Å². The van der Waals surface area contributed by atoms with Gasteiger partial charge in [0.15, 0.2) is 5.96 Å². The quantitative estimate of drug-likeness (QED) is 0.631. The van der Waals surface area contributed by atoms with Gasteiger partial charge in [0, 0.05) is 39.8 Å². The predicted molar refractivity (Wildman–Crippen MR) is 112 cm³/mol. The number of nitrogens with one attached hydrogen (secondary N) is 2. The van der Waals surface area contributed by atoms with E-state index in [0.717, 1.165) is 18.1 Å². The van der Waals surface area contributed by atoms with Gasteiger partial charge in [0.25, 0.3) is 5.91 Å². The molecule has 0 atom stereocenters. The molecule has 0 aliphatic carbocycles. The third-order valence-electron chi connectivity index (χ3n) is 4.56. The third kappa shape index (κ3) is 5.58. The van der Waals surface area contributed by atoms with Crippen LogP contribution in [0.1, 0.15) is 38.2 Å². The van der Waals surface area contributed by atoms with E-state index in [0.29, 0.717) is 12.1 Å². The molecule has 1 amide bonds. The van der Waals surface area contributed by atoms with Gasteiger partial charge in [0.05, 0.1) is 0 Å². The van der Waals surface area contributed by atoms with Crippen molar-refractivity contribution in [3.05, 3.63) is 69.8 Å². The lowest BCUT2D eigenvalue weighted by molar-refractivity contribution is 0.0827. The highest BCUT2D eigenvalue weighted by molar-refractivity contribution is 5.93. The van der Waals surface area contributed by atoms with Gasteiger partial charge in [-0.15, -0.1) is 0 Å². The summed E-state index contributed by atoms with van der Waals surface area (Å²) < 4.78 is 0. The Kier molecular flexibility index (Phi) is 6.99. The molecule has 2 aromatic rings. The summed E-state index contributed by atoms with van der Waals surface area (Å²) in [7, 11) is 5.28. The molecule has 0 radical (unpaired) electrons. The van der Waals surface area contributed by atoms with Crippen molar-refractivity contribution in [3.8, 4) is 0 Å². The lowest BCUT2D eigenvalue weighted by atomic mass is 10.00. The number of amides is 1. The molecular formula is C22H30N4O. The molecule has 0 aliphatic rings. The van der Waals surface area contributed by atoms with Gasteiger partial charge < -0.3 is 15.5 Å². The average molecular weight is 367 g/mol. The minimum atomic E-state index is 0.0100. The van der Waals surface area contributed by atoms with Crippen molar-refractivity contribution in [2.75, 3.05) is 21.1 Å². The van der Waals surface area contributed by atoms with Crippen LogP contribution >= 0.6 is 0 Å². The van der Waals surface area contributed by atoms with Crippen LogP contribution in [0.3, 0.4) is 0 Å². The molecule has 0 bridgehead atoms. The van der Waals surface area contributed by atoms with Gasteiger partial charge in [0.2, 0.25) is 0 Å². The van der Waals surface area contributed by atoms with Crippen LogP contribution < -0.4 is 10.6 Å². The summed E-state index contributed by atoms with van der Waals surface area (Å²) in [6.07, 6.45) is 0. The lowest BCUT2D eigenvalue weighted by Gasteiger charge is -2.16. The van der Waals surface area contributed by atoms with Crippen LogP contribution in [0.5, 0.6) is 0 Å². The Hall–Kier alpha value is -2.82. The van der Waals surface area contributed by atoms with E-state index < -0.39 is 0 Å². The minimum Gasteiger partial charge on any atom is -0.352 e. The summed E-state index contributed by atoms with van der Waals surface area (Å²) in [5, 5.41) is 6.70. The average Bonchev–Trinajstić information content (AvgIpc) is 2.63. The fourth-order valence-electron chi connectivity index (χ4n) is 3.09. The molecule has 0 aromatic heterocycles. The van der Waals surface area contributed by atoms with Crippen molar-refractivity contribution in [1.29, 1.82) is 0 Å². The van der Waals surface area contributed by atoms with Gasteiger partial charge in [-0.1, -0.05) is 29.8 Å². The van der Waals surface area contributed by atoms with Crippen LogP contribution in [0.15, 0.2) is 41.4 Å². The number of hydrogen-bond acceptors (Lipinski definition) is 2. The smallest absolute Gasteiger partial charge is 0.253 e. The molecule has 2 aromatic carbocycles. The Morgan fingerprint density at radius 1 is 0.963 bits per heavy atom. The van der Waals surface area contributed by atoms with E-state index in [-0.39, 0.29) is 5.91 Å². The summed E-state index contributed by atoms with van der Waals surface area (Å²) in [5.41, 5.74) is 6.95. The zero-order valence-electron chi connectivity index (χ0n) is 17.2. The van der Waals surface area contributed by atoms with Crippen molar-refractivity contribution >= 4 is 11.9 Å². The van der Waals surface area contributed by atoms with Crippen LogP contribution in [-0.4, -0.2) is 37.9 Å². The molecule has 0 unspecified atom stereocenters. The van der Waals surface area contributed by atoms with E-state index in [1.165, 1.54) is 22.3 Å². The van der Waals surface area contributed by atoms with Gasteiger partial charge in [-0.25, -0.2) is 0 Å². The Morgan fingerprint density at radius 2 is 1.52 bits per heavy atom. The SMILES string of the molecule is CN=C(NCc1ccc(C(=O)N(C)C)cc1)NCc1c(C)cc(C)cc1C. The molecular weight excluding hydrogens is 336 g/mol. The standard InChI is InChI=1S/C22H30N4O/c1-15-11-16(2)20(17(3)12-15)14-25-22(23-4)24-13-18-7-9-19(10-8-18)21(27)26(5)6/h7-12H,13-14H2,1-6H3,(H2,23,24,25). The molecule has 5 heteroatoms. The fourth-order valence-corrected chi connectivity index (χ4v) is 3.09. The Morgan fingerprint density at radius 3 is 2.04 bits per heavy atom. The molecule has 2 N–H and O–H groups in total.